The van der Waals surface area contributed by atoms with Crippen LogP contribution in [-0.4, -0.2) is 46.7 Å². The molecule has 8 heteroatoms. The summed E-state index contributed by atoms with van der Waals surface area (Å²) in [5.74, 6) is -2.43. The average molecular weight is 435 g/mol. The molecule has 1 aliphatic heterocycles. The molecule has 0 unspecified atom stereocenters. The first-order valence-corrected chi connectivity index (χ1v) is 10.2. The fraction of sp³-hybridized carbons (Fsp3) is 0.333. The summed E-state index contributed by atoms with van der Waals surface area (Å²) in [6.07, 6.45) is -0.529. The average Bonchev–Trinajstić information content (AvgIpc) is 3.19. The number of carbonyl (C=O) groups is 3. The van der Waals surface area contributed by atoms with Crippen molar-refractivity contribution >= 4 is 23.7 Å². The van der Waals surface area contributed by atoms with Crippen LogP contribution < -0.4 is 5.32 Å². The number of amides is 2. The van der Waals surface area contributed by atoms with Gasteiger partial charge in [-0.1, -0.05) is 18.2 Å². The van der Waals surface area contributed by atoms with Gasteiger partial charge in [0.1, 0.15) is 5.60 Å². The normalized spacial score (nSPS) is 18.0. The lowest BCUT2D eigenvalue weighted by Crippen LogP contribution is -2.36. The van der Waals surface area contributed by atoms with Gasteiger partial charge < -0.3 is 20.1 Å². The van der Waals surface area contributed by atoms with E-state index in [1.165, 1.54) is 17.0 Å². The van der Waals surface area contributed by atoms with Gasteiger partial charge in [0.05, 0.1) is 23.1 Å². The minimum atomic E-state index is -1.07. The Morgan fingerprint density at radius 3 is 2.50 bits per heavy atom. The highest BCUT2D eigenvalue weighted by molar-refractivity contribution is 5.94. The van der Waals surface area contributed by atoms with Crippen molar-refractivity contribution in [1.29, 1.82) is 5.26 Å². The molecule has 1 aliphatic rings. The maximum absolute atomic E-state index is 13.2. The van der Waals surface area contributed by atoms with Crippen molar-refractivity contribution in [2.75, 3.05) is 18.4 Å². The number of aromatic carboxylic acids is 1. The summed E-state index contributed by atoms with van der Waals surface area (Å²) in [5, 5.41) is 21.3. The van der Waals surface area contributed by atoms with Gasteiger partial charge in [0.15, 0.2) is 0 Å². The van der Waals surface area contributed by atoms with E-state index in [4.69, 9.17) is 10.00 Å². The quantitative estimate of drug-likeness (QED) is 0.753. The first kappa shape index (κ1) is 22.8. The minimum Gasteiger partial charge on any atom is -0.478 e. The predicted octanol–water partition coefficient (Wildman–Crippen LogP) is 3.85. The van der Waals surface area contributed by atoms with Crippen molar-refractivity contribution in [3.8, 4) is 6.07 Å². The highest BCUT2D eigenvalue weighted by Crippen LogP contribution is 2.35. The number of nitriles is 1. The molecule has 8 nitrogen and oxygen atoms in total. The van der Waals surface area contributed by atoms with Gasteiger partial charge in [-0.25, -0.2) is 9.59 Å². The van der Waals surface area contributed by atoms with Gasteiger partial charge in [-0.15, -0.1) is 0 Å². The molecule has 166 valence electrons. The maximum atomic E-state index is 13.2. The Hall–Kier alpha value is -3.86. The molecule has 2 amide bonds. The molecule has 0 aliphatic carbocycles. The van der Waals surface area contributed by atoms with Crippen LogP contribution in [0.3, 0.4) is 0 Å². The largest absolute Gasteiger partial charge is 0.478 e. The van der Waals surface area contributed by atoms with Crippen LogP contribution in [0.25, 0.3) is 0 Å². The van der Waals surface area contributed by atoms with Crippen LogP contribution in [0.1, 0.15) is 48.2 Å². The number of carboxylic acid groups (broad SMARTS) is 1. The van der Waals surface area contributed by atoms with Crippen LogP contribution in [0.15, 0.2) is 48.5 Å². The smallest absolute Gasteiger partial charge is 0.410 e. The molecule has 0 aromatic heterocycles. The van der Waals surface area contributed by atoms with Crippen molar-refractivity contribution in [3.05, 3.63) is 65.2 Å². The summed E-state index contributed by atoms with van der Waals surface area (Å²) in [7, 11) is 0. The fourth-order valence-electron chi connectivity index (χ4n) is 3.69. The number of ether oxygens (including phenoxy) is 1. The van der Waals surface area contributed by atoms with Gasteiger partial charge in [0.25, 0.3) is 0 Å². The highest BCUT2D eigenvalue weighted by Gasteiger charge is 2.42. The molecule has 0 saturated carbocycles. The Morgan fingerprint density at radius 1 is 1.12 bits per heavy atom. The summed E-state index contributed by atoms with van der Waals surface area (Å²) in [6.45, 7) is 5.64. The number of rotatable bonds is 4. The van der Waals surface area contributed by atoms with Crippen LogP contribution in [0.2, 0.25) is 0 Å². The molecular weight excluding hydrogens is 410 g/mol. The molecule has 0 radical (unpaired) electrons. The summed E-state index contributed by atoms with van der Waals surface area (Å²) in [6, 6.07) is 15.0. The number of hydrogen-bond donors (Lipinski definition) is 2. The molecule has 2 N–H and O–H groups in total. The summed E-state index contributed by atoms with van der Waals surface area (Å²) >= 11 is 0. The molecule has 1 fully saturated rings. The van der Waals surface area contributed by atoms with E-state index in [0.29, 0.717) is 16.8 Å². The van der Waals surface area contributed by atoms with E-state index in [0.717, 1.165) is 0 Å². The first-order valence-electron chi connectivity index (χ1n) is 10.2. The lowest BCUT2D eigenvalue weighted by atomic mass is 9.87. The predicted molar refractivity (Wildman–Crippen MR) is 117 cm³/mol. The number of likely N-dealkylation sites (tertiary alicyclic amines) is 1. The van der Waals surface area contributed by atoms with Gasteiger partial charge >= 0.3 is 12.1 Å². The second-order valence-electron chi connectivity index (χ2n) is 8.71. The number of nitrogens with one attached hydrogen (secondary N) is 1. The lowest BCUT2D eigenvalue weighted by molar-refractivity contribution is -0.119. The standard InChI is InChI=1S/C24H25N3O5/c1-24(2,3)32-23(31)27-13-19(16-7-5-8-17(11-16)22(29)30)20(14-27)21(28)26-18-9-4-6-15(10-18)12-25/h4-11,19-20H,13-14H2,1-3H3,(H,26,28)(H,29,30)/t19-,20+/m1/s1. The Kier molecular flexibility index (Phi) is 6.49. The van der Waals surface area contributed by atoms with E-state index >= 15 is 0 Å². The Labute approximate surface area is 186 Å². The number of benzene rings is 2. The van der Waals surface area contributed by atoms with Crippen LogP contribution in [0, 0.1) is 17.2 Å². The summed E-state index contributed by atoms with van der Waals surface area (Å²) < 4.78 is 5.47. The number of carbonyl (C=O) groups excluding carboxylic acids is 2. The van der Waals surface area contributed by atoms with Crippen molar-refractivity contribution < 1.29 is 24.2 Å². The Morgan fingerprint density at radius 2 is 1.84 bits per heavy atom. The van der Waals surface area contributed by atoms with Crippen LogP contribution in [0.4, 0.5) is 10.5 Å². The van der Waals surface area contributed by atoms with Crippen LogP contribution in [-0.2, 0) is 9.53 Å². The molecule has 1 saturated heterocycles. The maximum Gasteiger partial charge on any atom is 0.410 e. The third kappa shape index (κ3) is 5.43. The topological polar surface area (TPSA) is 120 Å². The Balaban J connectivity index is 1.89. The van der Waals surface area contributed by atoms with Crippen molar-refractivity contribution in [3.63, 3.8) is 0 Å². The van der Waals surface area contributed by atoms with Gasteiger partial charge in [-0.3, -0.25) is 4.79 Å². The van der Waals surface area contributed by atoms with Gasteiger partial charge in [0, 0.05) is 24.7 Å². The molecule has 32 heavy (non-hydrogen) atoms. The first-order chi connectivity index (χ1) is 15.1. The number of anilines is 1. The van der Waals surface area contributed by atoms with E-state index in [2.05, 4.69) is 5.32 Å². The van der Waals surface area contributed by atoms with Crippen molar-refractivity contribution in [2.45, 2.75) is 32.3 Å². The molecule has 3 rings (SSSR count). The second kappa shape index (κ2) is 9.10. The summed E-state index contributed by atoms with van der Waals surface area (Å²) in [4.78, 5) is 38.7. The molecule has 1 heterocycles. The SMILES string of the molecule is CC(C)(C)OC(=O)N1C[C@H](C(=O)Nc2cccc(C#N)c2)[C@@H](c2cccc(C(=O)O)c2)C1. The zero-order valence-electron chi connectivity index (χ0n) is 18.2. The zero-order valence-corrected chi connectivity index (χ0v) is 18.2. The lowest BCUT2D eigenvalue weighted by Gasteiger charge is -2.24. The number of nitrogens with zero attached hydrogens (tertiary/aromatic N) is 2. The number of carboxylic acids is 1. The van der Waals surface area contributed by atoms with E-state index < -0.39 is 29.5 Å². The fourth-order valence-corrected chi connectivity index (χ4v) is 3.69. The van der Waals surface area contributed by atoms with Gasteiger partial charge in [-0.05, 0) is 56.7 Å². The third-order valence-electron chi connectivity index (χ3n) is 5.13. The van der Waals surface area contributed by atoms with Crippen LogP contribution in [0.5, 0.6) is 0 Å². The van der Waals surface area contributed by atoms with Crippen molar-refractivity contribution in [1.82, 2.24) is 4.90 Å². The Bertz CT molecular complexity index is 1080. The molecule has 2 aromatic rings. The summed E-state index contributed by atoms with van der Waals surface area (Å²) in [5.41, 5.74) is 0.965. The number of hydrogen-bond acceptors (Lipinski definition) is 5. The van der Waals surface area contributed by atoms with Crippen molar-refractivity contribution in [2.24, 2.45) is 5.92 Å². The van der Waals surface area contributed by atoms with E-state index in [1.54, 1.807) is 57.2 Å². The molecule has 2 atom stereocenters. The van der Waals surface area contributed by atoms with E-state index in [-0.39, 0.29) is 24.6 Å². The van der Waals surface area contributed by atoms with E-state index in [1.807, 2.05) is 6.07 Å². The minimum absolute atomic E-state index is 0.110. The van der Waals surface area contributed by atoms with Crippen LogP contribution >= 0.6 is 0 Å². The molecule has 0 bridgehead atoms. The monoisotopic (exact) mass is 435 g/mol. The van der Waals surface area contributed by atoms with Gasteiger partial charge in [0.2, 0.25) is 5.91 Å². The third-order valence-corrected chi connectivity index (χ3v) is 5.13. The molecular formula is C24H25N3O5. The second-order valence-corrected chi connectivity index (χ2v) is 8.71. The molecule has 0 spiro atoms. The van der Waals surface area contributed by atoms with E-state index in [9.17, 15) is 19.5 Å². The highest BCUT2D eigenvalue weighted by atomic mass is 16.6. The zero-order chi connectivity index (χ0) is 23.5. The van der Waals surface area contributed by atoms with Gasteiger partial charge in [-0.2, -0.15) is 5.26 Å². The molecule has 2 aromatic carbocycles.